The van der Waals surface area contributed by atoms with Gasteiger partial charge in [0.25, 0.3) is 4.74 Å². The molecule has 0 spiro atoms. The van der Waals surface area contributed by atoms with E-state index < -0.39 is 0 Å². The van der Waals surface area contributed by atoms with Crippen molar-refractivity contribution < 1.29 is 0 Å². The van der Waals surface area contributed by atoms with Crippen LogP contribution in [0.4, 0.5) is 0 Å². The van der Waals surface area contributed by atoms with Gasteiger partial charge >= 0.3 is 0 Å². The van der Waals surface area contributed by atoms with E-state index in [-0.39, 0.29) is 4.74 Å². The van der Waals surface area contributed by atoms with E-state index in [1.165, 1.54) is 0 Å². The van der Waals surface area contributed by atoms with Gasteiger partial charge in [0.2, 0.25) is 0 Å². The smallest absolute Gasteiger partial charge is 0.257 e. The molecule has 0 aliphatic heterocycles. The topological polar surface area (TPSA) is 22.0 Å². The van der Waals surface area contributed by atoms with Crippen molar-refractivity contribution in [2.75, 3.05) is 0 Å². The zero-order chi connectivity index (χ0) is 9.59. The molecule has 68 valence electrons. The van der Waals surface area contributed by atoms with E-state index in [9.17, 15) is 4.79 Å². The second-order valence-corrected chi connectivity index (χ2v) is 4.60. The number of aromatic nitrogens is 1. The largest absolute Gasteiger partial charge is 0.296 e. The van der Waals surface area contributed by atoms with Crippen LogP contribution >= 0.6 is 34.7 Å². The molecular formula is C8H5Cl2NOS. The number of aryl methyl sites for hydroxylation is 1. The average molecular weight is 234 g/mol. The van der Waals surface area contributed by atoms with E-state index in [4.69, 9.17) is 23.2 Å². The zero-order valence-corrected chi connectivity index (χ0v) is 9.00. The van der Waals surface area contributed by atoms with Crippen molar-refractivity contribution in [1.82, 2.24) is 3.96 Å². The molecule has 5 heteroatoms. The molecule has 0 aliphatic rings. The lowest BCUT2D eigenvalue weighted by molar-refractivity contribution is 1.08. The monoisotopic (exact) mass is 233 g/mol. The Morgan fingerprint density at radius 3 is 2.77 bits per heavy atom. The van der Waals surface area contributed by atoms with Crippen molar-refractivity contribution in [3.05, 3.63) is 31.7 Å². The van der Waals surface area contributed by atoms with Crippen LogP contribution in [0, 0.1) is 0 Å². The minimum absolute atomic E-state index is 0.0121. The minimum atomic E-state index is -0.0121. The molecule has 0 saturated carbocycles. The first kappa shape index (κ1) is 9.06. The fourth-order valence-electron chi connectivity index (χ4n) is 1.26. The van der Waals surface area contributed by atoms with E-state index in [1.54, 1.807) is 23.1 Å². The van der Waals surface area contributed by atoms with Gasteiger partial charge in [-0.1, -0.05) is 23.2 Å². The van der Waals surface area contributed by atoms with E-state index in [0.29, 0.717) is 15.4 Å². The SMILES string of the molecule is Cn1sc(=O)c2cc(Cl)cc(Cl)c21. The zero-order valence-electron chi connectivity index (χ0n) is 6.67. The Bertz CT molecular complexity index is 529. The fraction of sp³-hybridized carbons (Fsp3) is 0.125. The van der Waals surface area contributed by atoms with Crippen molar-refractivity contribution in [2.45, 2.75) is 0 Å². The quantitative estimate of drug-likeness (QED) is 0.686. The molecule has 0 fully saturated rings. The van der Waals surface area contributed by atoms with Crippen LogP contribution in [0.3, 0.4) is 0 Å². The van der Waals surface area contributed by atoms with E-state index in [0.717, 1.165) is 17.0 Å². The first-order chi connectivity index (χ1) is 6.09. The highest BCUT2D eigenvalue weighted by molar-refractivity contribution is 7.05. The van der Waals surface area contributed by atoms with Crippen molar-refractivity contribution in [1.29, 1.82) is 0 Å². The average Bonchev–Trinajstić information content (AvgIpc) is 2.27. The van der Waals surface area contributed by atoms with Crippen molar-refractivity contribution in [3.63, 3.8) is 0 Å². The number of hydrogen-bond acceptors (Lipinski definition) is 2. The normalized spacial score (nSPS) is 11.0. The van der Waals surface area contributed by atoms with Gasteiger partial charge in [0.05, 0.1) is 15.9 Å². The number of hydrogen-bond donors (Lipinski definition) is 0. The third kappa shape index (κ3) is 1.37. The fourth-order valence-corrected chi connectivity index (χ4v) is 2.72. The molecule has 0 aliphatic carbocycles. The molecule has 0 N–H and O–H groups in total. The molecule has 1 heterocycles. The van der Waals surface area contributed by atoms with Gasteiger partial charge in [-0.2, -0.15) is 0 Å². The van der Waals surface area contributed by atoms with Crippen molar-refractivity contribution >= 4 is 45.6 Å². The van der Waals surface area contributed by atoms with Crippen LogP contribution in [0.5, 0.6) is 0 Å². The lowest BCUT2D eigenvalue weighted by Gasteiger charge is -1.97. The van der Waals surface area contributed by atoms with Crippen LogP contribution < -0.4 is 4.74 Å². The maximum Gasteiger partial charge on any atom is 0.257 e. The first-order valence-corrected chi connectivity index (χ1v) is 5.07. The molecule has 0 bridgehead atoms. The maximum atomic E-state index is 11.4. The molecule has 1 aromatic carbocycles. The Morgan fingerprint density at radius 2 is 2.08 bits per heavy atom. The van der Waals surface area contributed by atoms with Gasteiger partial charge in [0.1, 0.15) is 0 Å². The van der Waals surface area contributed by atoms with Crippen LogP contribution in [0.1, 0.15) is 0 Å². The molecule has 1 aromatic heterocycles. The molecule has 2 rings (SSSR count). The Morgan fingerprint density at radius 1 is 1.38 bits per heavy atom. The summed E-state index contributed by atoms with van der Waals surface area (Å²) in [6.45, 7) is 0. The minimum Gasteiger partial charge on any atom is -0.296 e. The molecule has 0 amide bonds. The van der Waals surface area contributed by atoms with Gasteiger partial charge in [0, 0.05) is 12.1 Å². The number of halogens is 2. The third-order valence-electron chi connectivity index (χ3n) is 1.78. The lowest BCUT2D eigenvalue weighted by atomic mass is 10.2. The summed E-state index contributed by atoms with van der Waals surface area (Å²) >= 11 is 12.8. The second kappa shape index (κ2) is 3.01. The molecular weight excluding hydrogens is 229 g/mol. The summed E-state index contributed by atoms with van der Waals surface area (Å²) in [6.07, 6.45) is 0. The molecule has 0 unspecified atom stereocenters. The molecule has 2 nitrogen and oxygen atoms in total. The Labute approximate surface area is 88.5 Å². The van der Waals surface area contributed by atoms with Gasteiger partial charge < -0.3 is 0 Å². The predicted molar refractivity (Wildman–Crippen MR) is 57.1 cm³/mol. The summed E-state index contributed by atoms with van der Waals surface area (Å²) in [5.41, 5.74) is 0.751. The molecule has 2 aromatic rings. The first-order valence-electron chi connectivity index (χ1n) is 3.54. The standard InChI is InChI=1S/C8H5Cl2NOS/c1-11-7-5(8(12)13-11)2-4(9)3-6(7)10/h2-3H,1H3. The lowest BCUT2D eigenvalue weighted by Crippen LogP contribution is -1.87. The van der Waals surface area contributed by atoms with Crippen LogP contribution in [-0.2, 0) is 7.05 Å². The predicted octanol–water partition coefficient (Wildman–Crippen LogP) is 2.91. The Hall–Kier alpha value is -0.510. The second-order valence-electron chi connectivity index (χ2n) is 2.66. The van der Waals surface area contributed by atoms with Gasteiger partial charge in [-0.05, 0) is 23.7 Å². The Kier molecular flexibility index (Phi) is 2.10. The molecule has 13 heavy (non-hydrogen) atoms. The summed E-state index contributed by atoms with van der Waals surface area (Å²) in [7, 11) is 1.80. The van der Waals surface area contributed by atoms with E-state index >= 15 is 0 Å². The van der Waals surface area contributed by atoms with Gasteiger partial charge in [-0.25, -0.2) is 0 Å². The Balaban J connectivity index is 3.06. The summed E-state index contributed by atoms with van der Waals surface area (Å²) in [4.78, 5) is 11.4. The number of rotatable bonds is 0. The molecule has 0 atom stereocenters. The van der Waals surface area contributed by atoms with Crippen LogP contribution in [0.25, 0.3) is 10.9 Å². The van der Waals surface area contributed by atoms with Crippen molar-refractivity contribution in [3.8, 4) is 0 Å². The van der Waals surface area contributed by atoms with E-state index in [1.807, 2.05) is 0 Å². The van der Waals surface area contributed by atoms with Gasteiger partial charge in [-0.15, -0.1) is 0 Å². The van der Waals surface area contributed by atoms with Gasteiger partial charge in [0.15, 0.2) is 0 Å². The molecule has 0 saturated heterocycles. The van der Waals surface area contributed by atoms with Crippen LogP contribution in [0.2, 0.25) is 10.0 Å². The van der Waals surface area contributed by atoms with Crippen molar-refractivity contribution in [2.24, 2.45) is 7.05 Å². The molecule has 0 radical (unpaired) electrons. The summed E-state index contributed by atoms with van der Waals surface area (Å²) in [6, 6.07) is 3.28. The number of fused-ring (bicyclic) bond motifs is 1. The highest BCUT2D eigenvalue weighted by atomic mass is 35.5. The summed E-state index contributed by atoms with van der Waals surface area (Å²) in [5, 5.41) is 1.60. The highest BCUT2D eigenvalue weighted by Crippen LogP contribution is 2.26. The van der Waals surface area contributed by atoms with Crippen LogP contribution in [-0.4, -0.2) is 3.96 Å². The van der Waals surface area contributed by atoms with E-state index in [2.05, 4.69) is 0 Å². The maximum absolute atomic E-state index is 11.4. The summed E-state index contributed by atoms with van der Waals surface area (Å²) < 4.78 is 1.73. The number of nitrogens with zero attached hydrogens (tertiary/aromatic N) is 1. The third-order valence-corrected chi connectivity index (χ3v) is 3.13. The highest BCUT2D eigenvalue weighted by Gasteiger charge is 2.09. The summed E-state index contributed by atoms with van der Waals surface area (Å²) in [5.74, 6) is 0. The van der Waals surface area contributed by atoms with Gasteiger partial charge in [-0.3, -0.25) is 8.75 Å². The number of benzene rings is 1. The van der Waals surface area contributed by atoms with Crippen LogP contribution in [0.15, 0.2) is 16.9 Å².